The smallest absolute Gasteiger partial charge is 0.0465 e. The van der Waals surface area contributed by atoms with Crippen molar-refractivity contribution in [2.75, 3.05) is 9.80 Å². The van der Waals surface area contributed by atoms with Crippen LogP contribution in [0.2, 0.25) is 0 Å². The summed E-state index contributed by atoms with van der Waals surface area (Å²) in [6.07, 6.45) is 0. The fourth-order valence-corrected chi connectivity index (χ4v) is 9.56. The predicted octanol–water partition coefficient (Wildman–Crippen LogP) is 15.0. The summed E-state index contributed by atoms with van der Waals surface area (Å²) >= 11 is 0. The van der Waals surface area contributed by atoms with Crippen LogP contribution in [0, 0.1) is 13.8 Å². The lowest BCUT2D eigenvalue weighted by atomic mass is 9.67. The minimum absolute atomic E-state index is 0.209. The minimum Gasteiger partial charge on any atom is -0.310 e. The number of aryl methyl sites for hydroxylation is 2. The Kier molecular flexibility index (Phi) is 7.67. The number of anilines is 6. The lowest BCUT2D eigenvalue weighted by molar-refractivity contribution is 0.644. The van der Waals surface area contributed by atoms with Crippen LogP contribution in [-0.4, -0.2) is 0 Å². The van der Waals surface area contributed by atoms with Gasteiger partial charge in [0, 0.05) is 45.0 Å². The Morgan fingerprint density at radius 2 is 0.786 bits per heavy atom. The van der Waals surface area contributed by atoms with E-state index in [9.17, 15) is 0 Å². The third kappa shape index (κ3) is 5.16. The van der Waals surface area contributed by atoms with E-state index in [0.717, 1.165) is 22.7 Å². The fraction of sp³-hybridized carbons (Fsp3) is 0.148. The Labute approximate surface area is 331 Å². The molecule has 0 saturated heterocycles. The Morgan fingerprint density at radius 1 is 0.339 bits per heavy atom. The molecular weight excluding hydrogens is 677 g/mol. The molecule has 56 heavy (non-hydrogen) atoms. The Bertz CT molecular complexity index is 2790. The molecule has 2 heteroatoms. The quantitative estimate of drug-likeness (QED) is 0.169. The molecule has 272 valence electrons. The molecule has 0 fully saturated rings. The first-order valence-corrected chi connectivity index (χ1v) is 19.9. The number of rotatable bonds is 6. The zero-order valence-electron chi connectivity index (χ0n) is 33.1. The van der Waals surface area contributed by atoms with Crippen molar-refractivity contribution in [1.29, 1.82) is 0 Å². The van der Waals surface area contributed by atoms with E-state index in [2.05, 4.69) is 221 Å². The van der Waals surface area contributed by atoms with Crippen molar-refractivity contribution < 1.29 is 0 Å². The zero-order chi connectivity index (χ0) is 38.3. The molecule has 10 rings (SSSR count). The van der Waals surface area contributed by atoms with Gasteiger partial charge in [0.15, 0.2) is 0 Å². The van der Waals surface area contributed by atoms with Gasteiger partial charge in [0.25, 0.3) is 0 Å². The van der Waals surface area contributed by atoms with Crippen molar-refractivity contribution in [3.63, 3.8) is 0 Å². The first-order valence-electron chi connectivity index (χ1n) is 19.9. The van der Waals surface area contributed by atoms with Crippen LogP contribution in [0.15, 0.2) is 170 Å². The lowest BCUT2D eigenvalue weighted by Crippen LogP contribution is -2.25. The number of para-hydroxylation sites is 2. The molecule has 0 aromatic heterocycles. The number of benzene rings is 8. The van der Waals surface area contributed by atoms with Crippen molar-refractivity contribution in [3.05, 3.63) is 203 Å². The summed E-state index contributed by atoms with van der Waals surface area (Å²) < 4.78 is 0. The van der Waals surface area contributed by atoms with Gasteiger partial charge in [-0.05, 0) is 148 Å². The summed E-state index contributed by atoms with van der Waals surface area (Å²) in [5.74, 6) is 0. The highest BCUT2D eigenvalue weighted by Crippen LogP contribution is 2.58. The van der Waals surface area contributed by atoms with E-state index in [4.69, 9.17) is 0 Å². The third-order valence-corrected chi connectivity index (χ3v) is 12.5. The molecule has 2 aliphatic rings. The average Bonchev–Trinajstić information content (AvgIpc) is 3.44. The van der Waals surface area contributed by atoms with Crippen LogP contribution in [0.25, 0.3) is 33.0 Å². The van der Waals surface area contributed by atoms with Crippen molar-refractivity contribution in [2.24, 2.45) is 0 Å². The zero-order valence-corrected chi connectivity index (χ0v) is 33.1. The van der Waals surface area contributed by atoms with Crippen LogP contribution in [-0.2, 0) is 10.8 Å². The number of hydrogen-bond acceptors (Lipinski definition) is 2. The van der Waals surface area contributed by atoms with Crippen LogP contribution in [0.5, 0.6) is 0 Å². The van der Waals surface area contributed by atoms with Gasteiger partial charge in [-0.1, -0.05) is 130 Å². The molecule has 2 nitrogen and oxygen atoms in total. The van der Waals surface area contributed by atoms with Crippen molar-refractivity contribution in [2.45, 2.75) is 52.4 Å². The van der Waals surface area contributed by atoms with E-state index in [-0.39, 0.29) is 10.8 Å². The predicted molar refractivity (Wildman–Crippen MR) is 238 cm³/mol. The fourth-order valence-electron chi connectivity index (χ4n) is 9.56. The monoisotopic (exact) mass is 722 g/mol. The summed E-state index contributed by atoms with van der Waals surface area (Å²) in [5, 5.41) is 2.73. The van der Waals surface area contributed by atoms with Crippen LogP contribution in [0.4, 0.5) is 34.1 Å². The topological polar surface area (TPSA) is 6.48 Å². The Morgan fingerprint density at radius 3 is 1.32 bits per heavy atom. The molecule has 0 spiro atoms. The van der Waals surface area contributed by atoms with E-state index in [1.54, 1.807) is 0 Å². The van der Waals surface area contributed by atoms with Gasteiger partial charge in [0.1, 0.15) is 0 Å². The summed E-state index contributed by atoms with van der Waals surface area (Å²) in [7, 11) is 0. The molecular formula is C54H46N2. The maximum atomic E-state index is 2.54. The average molecular weight is 723 g/mol. The van der Waals surface area contributed by atoms with E-state index < -0.39 is 0 Å². The molecule has 0 aliphatic heterocycles. The number of hydrogen-bond donors (Lipinski definition) is 0. The summed E-state index contributed by atoms with van der Waals surface area (Å²) in [4.78, 5) is 4.78. The molecule has 0 amide bonds. The standard InChI is InChI=1S/C54H46N2/c1-35-20-24-39(25-21-35)55(37-14-9-7-10-15-37)41-28-30-43-46-34-50-51(45-18-13-19-47(52(45)46)53(3,4)48(43)32-41)44-31-29-42(33-49(44)54(50,5)6)56(38-16-11-8-12-17-38)40-26-22-36(2)23-27-40/h7-34H,1-6H3. The van der Waals surface area contributed by atoms with Gasteiger partial charge in [0.05, 0.1) is 0 Å². The Balaban J connectivity index is 1.15. The molecule has 0 N–H and O–H groups in total. The second-order valence-corrected chi connectivity index (χ2v) is 16.8. The van der Waals surface area contributed by atoms with Crippen molar-refractivity contribution in [1.82, 2.24) is 0 Å². The van der Waals surface area contributed by atoms with E-state index in [0.29, 0.717) is 0 Å². The van der Waals surface area contributed by atoms with Crippen LogP contribution >= 0.6 is 0 Å². The van der Waals surface area contributed by atoms with Gasteiger partial charge < -0.3 is 9.80 Å². The number of fused-ring (bicyclic) bond motifs is 6. The van der Waals surface area contributed by atoms with Gasteiger partial charge in [-0.25, -0.2) is 0 Å². The van der Waals surface area contributed by atoms with Crippen molar-refractivity contribution in [3.8, 4) is 22.3 Å². The minimum atomic E-state index is -0.216. The van der Waals surface area contributed by atoms with Gasteiger partial charge in [-0.3, -0.25) is 0 Å². The molecule has 8 aromatic carbocycles. The van der Waals surface area contributed by atoms with Crippen LogP contribution < -0.4 is 9.80 Å². The Hall–Kier alpha value is -6.38. The molecule has 0 atom stereocenters. The van der Waals surface area contributed by atoms with E-state index >= 15 is 0 Å². The van der Waals surface area contributed by atoms with E-state index in [1.807, 2.05) is 0 Å². The van der Waals surface area contributed by atoms with Crippen LogP contribution in [0.3, 0.4) is 0 Å². The summed E-state index contributed by atoms with van der Waals surface area (Å²) in [5.41, 5.74) is 19.9. The van der Waals surface area contributed by atoms with Gasteiger partial charge in [-0.15, -0.1) is 0 Å². The maximum absolute atomic E-state index is 2.54. The SMILES string of the molecule is Cc1ccc(N(c2ccccc2)c2ccc3c(c2)C(C)(C)c2cc4c5c(cccc5c2-3)C(C)(C)c2cc(N(c3ccccc3)c3ccc(C)cc3)ccc2-4)cc1. The van der Waals surface area contributed by atoms with Crippen LogP contribution in [0.1, 0.15) is 61.1 Å². The third-order valence-electron chi connectivity index (χ3n) is 12.5. The molecule has 0 bridgehead atoms. The molecule has 0 heterocycles. The van der Waals surface area contributed by atoms with Crippen molar-refractivity contribution >= 4 is 44.9 Å². The largest absolute Gasteiger partial charge is 0.310 e. The van der Waals surface area contributed by atoms with Gasteiger partial charge in [-0.2, -0.15) is 0 Å². The first kappa shape index (κ1) is 34.1. The van der Waals surface area contributed by atoms with E-state index in [1.165, 1.54) is 77.8 Å². The van der Waals surface area contributed by atoms with Gasteiger partial charge >= 0.3 is 0 Å². The molecule has 8 aromatic rings. The maximum Gasteiger partial charge on any atom is 0.0465 e. The summed E-state index contributed by atoms with van der Waals surface area (Å²) in [6.45, 7) is 13.9. The molecule has 0 unspecified atom stereocenters. The second kappa shape index (κ2) is 12.6. The molecule has 0 radical (unpaired) electrons. The highest BCUT2D eigenvalue weighted by atomic mass is 15.1. The molecule has 0 saturated carbocycles. The lowest BCUT2D eigenvalue weighted by Gasteiger charge is -2.37. The number of nitrogens with zero attached hydrogens (tertiary/aromatic N) is 2. The normalized spacial score (nSPS) is 14.2. The summed E-state index contributed by atoms with van der Waals surface area (Å²) in [6, 6.07) is 63.1. The first-order chi connectivity index (χ1) is 27.1. The highest BCUT2D eigenvalue weighted by molar-refractivity contribution is 6.13. The molecule has 2 aliphatic carbocycles. The second-order valence-electron chi connectivity index (χ2n) is 16.8. The highest BCUT2D eigenvalue weighted by Gasteiger charge is 2.41. The van der Waals surface area contributed by atoms with Gasteiger partial charge in [0.2, 0.25) is 0 Å².